The third-order valence-electron chi connectivity index (χ3n) is 6.81. The van der Waals surface area contributed by atoms with Crippen LogP contribution in [0.1, 0.15) is 71.6 Å². The first kappa shape index (κ1) is 13.9. The zero-order chi connectivity index (χ0) is 13.5. The Balaban J connectivity index is 1.71. The van der Waals surface area contributed by atoms with Crippen molar-refractivity contribution >= 4 is 0 Å². The van der Waals surface area contributed by atoms with Crippen molar-refractivity contribution < 1.29 is 0 Å². The molecule has 110 valence electrons. The minimum absolute atomic E-state index is 0.741. The Morgan fingerprint density at radius 1 is 0.947 bits per heavy atom. The van der Waals surface area contributed by atoms with Crippen molar-refractivity contribution in [3.63, 3.8) is 0 Å². The Hall–Kier alpha value is -0.0400. The zero-order valence-electron chi connectivity index (χ0n) is 13.3. The molecule has 1 nitrogen and oxygen atoms in total. The molecule has 0 aromatic carbocycles. The molecule has 4 bridgehead atoms. The van der Waals surface area contributed by atoms with E-state index in [2.05, 4.69) is 26.2 Å². The van der Waals surface area contributed by atoms with Crippen LogP contribution in [-0.4, -0.2) is 13.1 Å². The van der Waals surface area contributed by atoms with Crippen LogP contribution < -0.4 is 5.32 Å². The van der Waals surface area contributed by atoms with E-state index >= 15 is 0 Å². The topological polar surface area (TPSA) is 12.0 Å². The van der Waals surface area contributed by atoms with Crippen LogP contribution in [0.2, 0.25) is 0 Å². The van der Waals surface area contributed by atoms with Gasteiger partial charge in [-0.3, -0.25) is 0 Å². The molecule has 1 atom stereocenters. The lowest BCUT2D eigenvalue weighted by molar-refractivity contribution is -0.0647. The van der Waals surface area contributed by atoms with E-state index in [0.29, 0.717) is 0 Å². The summed E-state index contributed by atoms with van der Waals surface area (Å²) in [6.07, 6.45) is 13.6. The summed E-state index contributed by atoms with van der Waals surface area (Å²) in [5, 5.41) is 3.68. The molecule has 0 aromatic rings. The van der Waals surface area contributed by atoms with Gasteiger partial charge in [-0.1, -0.05) is 26.7 Å². The number of nitrogens with one attached hydrogen (secondary N) is 1. The fourth-order valence-electron chi connectivity index (χ4n) is 6.37. The van der Waals surface area contributed by atoms with E-state index in [1.54, 1.807) is 38.5 Å². The monoisotopic (exact) mass is 263 g/mol. The van der Waals surface area contributed by atoms with E-state index in [9.17, 15) is 0 Å². The molecule has 19 heavy (non-hydrogen) atoms. The molecule has 1 N–H and O–H groups in total. The van der Waals surface area contributed by atoms with E-state index < -0.39 is 0 Å². The maximum absolute atomic E-state index is 3.68. The summed E-state index contributed by atoms with van der Waals surface area (Å²) in [5.41, 5.74) is 0.741. The normalized spacial score (nSPS) is 42.0. The second-order valence-electron chi connectivity index (χ2n) is 8.09. The molecule has 0 aromatic heterocycles. The van der Waals surface area contributed by atoms with Crippen molar-refractivity contribution in [2.75, 3.05) is 7.05 Å². The van der Waals surface area contributed by atoms with Crippen molar-refractivity contribution in [1.82, 2.24) is 5.32 Å². The van der Waals surface area contributed by atoms with Crippen molar-refractivity contribution in [1.29, 1.82) is 0 Å². The SMILES string of the molecule is CCC(CC)C(CC12CC3CC(CC(C3)C1)C2)NC. The van der Waals surface area contributed by atoms with Gasteiger partial charge in [-0.2, -0.15) is 0 Å². The smallest absolute Gasteiger partial charge is 0.00974 e. The predicted molar refractivity (Wildman–Crippen MR) is 82.1 cm³/mol. The van der Waals surface area contributed by atoms with Crippen LogP contribution in [-0.2, 0) is 0 Å². The molecule has 4 aliphatic carbocycles. The van der Waals surface area contributed by atoms with Crippen LogP contribution in [0.3, 0.4) is 0 Å². The van der Waals surface area contributed by atoms with Crippen molar-refractivity contribution in [3.8, 4) is 0 Å². The molecular formula is C18H33N. The van der Waals surface area contributed by atoms with Gasteiger partial charge in [0.1, 0.15) is 0 Å². The summed E-state index contributed by atoms with van der Waals surface area (Å²) in [4.78, 5) is 0. The Kier molecular flexibility index (Phi) is 3.95. The van der Waals surface area contributed by atoms with Gasteiger partial charge in [-0.05, 0) is 81.1 Å². The zero-order valence-corrected chi connectivity index (χ0v) is 13.3. The lowest BCUT2D eigenvalue weighted by Gasteiger charge is -2.58. The molecular weight excluding hydrogens is 230 g/mol. The molecule has 0 aliphatic heterocycles. The van der Waals surface area contributed by atoms with Gasteiger partial charge < -0.3 is 5.32 Å². The Morgan fingerprint density at radius 3 is 1.79 bits per heavy atom. The molecule has 0 spiro atoms. The van der Waals surface area contributed by atoms with Crippen molar-refractivity contribution in [3.05, 3.63) is 0 Å². The fraction of sp³-hybridized carbons (Fsp3) is 1.00. The first-order valence-electron chi connectivity index (χ1n) is 8.85. The lowest BCUT2D eigenvalue weighted by atomic mass is 9.48. The summed E-state index contributed by atoms with van der Waals surface area (Å²) in [5.74, 6) is 4.19. The summed E-state index contributed by atoms with van der Waals surface area (Å²) < 4.78 is 0. The Labute approximate surface area is 119 Å². The summed E-state index contributed by atoms with van der Waals surface area (Å²) in [6.45, 7) is 4.75. The van der Waals surface area contributed by atoms with Gasteiger partial charge in [0.2, 0.25) is 0 Å². The lowest BCUT2D eigenvalue weighted by Crippen LogP contribution is -2.49. The number of hydrogen-bond acceptors (Lipinski definition) is 1. The molecule has 4 fully saturated rings. The Morgan fingerprint density at radius 2 is 1.42 bits per heavy atom. The van der Waals surface area contributed by atoms with E-state index in [1.165, 1.54) is 19.3 Å². The average Bonchev–Trinajstić information content (AvgIpc) is 2.37. The summed E-state index contributed by atoms with van der Waals surface area (Å²) in [7, 11) is 2.20. The third-order valence-corrected chi connectivity index (χ3v) is 6.81. The highest BCUT2D eigenvalue weighted by molar-refractivity contribution is 5.03. The minimum atomic E-state index is 0.741. The summed E-state index contributed by atoms with van der Waals surface area (Å²) in [6, 6.07) is 0.770. The molecule has 1 unspecified atom stereocenters. The fourth-order valence-corrected chi connectivity index (χ4v) is 6.37. The van der Waals surface area contributed by atoms with Crippen LogP contribution in [0, 0.1) is 29.1 Å². The predicted octanol–water partition coefficient (Wildman–Crippen LogP) is 4.62. The Bertz CT molecular complexity index is 270. The molecule has 4 aliphatic rings. The third kappa shape index (κ3) is 2.60. The maximum Gasteiger partial charge on any atom is 0.00974 e. The van der Waals surface area contributed by atoms with Gasteiger partial charge in [-0.15, -0.1) is 0 Å². The van der Waals surface area contributed by atoms with Crippen LogP contribution in [0.15, 0.2) is 0 Å². The van der Waals surface area contributed by atoms with Crippen molar-refractivity contribution in [2.24, 2.45) is 29.1 Å². The number of hydrogen-bond donors (Lipinski definition) is 1. The van der Waals surface area contributed by atoms with Gasteiger partial charge >= 0.3 is 0 Å². The largest absolute Gasteiger partial charge is 0.317 e. The molecule has 0 radical (unpaired) electrons. The minimum Gasteiger partial charge on any atom is -0.317 e. The van der Waals surface area contributed by atoms with Crippen LogP contribution in [0.5, 0.6) is 0 Å². The van der Waals surface area contributed by atoms with Crippen LogP contribution in [0.25, 0.3) is 0 Å². The summed E-state index contributed by atoms with van der Waals surface area (Å²) >= 11 is 0. The van der Waals surface area contributed by atoms with E-state index in [4.69, 9.17) is 0 Å². The highest BCUT2D eigenvalue weighted by Crippen LogP contribution is 2.61. The molecule has 4 saturated carbocycles. The molecule has 0 saturated heterocycles. The second kappa shape index (κ2) is 5.39. The van der Waals surface area contributed by atoms with Gasteiger partial charge in [-0.25, -0.2) is 0 Å². The highest BCUT2D eigenvalue weighted by Gasteiger charge is 2.51. The van der Waals surface area contributed by atoms with E-state index in [-0.39, 0.29) is 0 Å². The average molecular weight is 263 g/mol. The maximum atomic E-state index is 3.68. The van der Waals surface area contributed by atoms with Gasteiger partial charge in [0.25, 0.3) is 0 Å². The standard InChI is InChI=1S/C18H33N/c1-4-16(5-2)17(19-3)12-18-9-13-6-14(10-18)8-15(7-13)11-18/h13-17,19H,4-12H2,1-3H3. The van der Waals surface area contributed by atoms with Crippen LogP contribution in [0.4, 0.5) is 0 Å². The molecule has 4 rings (SSSR count). The van der Waals surface area contributed by atoms with Crippen molar-refractivity contribution in [2.45, 2.75) is 77.7 Å². The van der Waals surface area contributed by atoms with Gasteiger partial charge in [0, 0.05) is 6.04 Å². The first-order valence-corrected chi connectivity index (χ1v) is 8.85. The highest BCUT2D eigenvalue weighted by atomic mass is 14.9. The molecule has 0 heterocycles. The number of rotatable bonds is 6. The first-order chi connectivity index (χ1) is 9.18. The van der Waals surface area contributed by atoms with E-state index in [0.717, 1.165) is 35.1 Å². The quantitative estimate of drug-likeness (QED) is 0.737. The van der Waals surface area contributed by atoms with Crippen LogP contribution >= 0.6 is 0 Å². The van der Waals surface area contributed by atoms with E-state index in [1.807, 2.05) is 0 Å². The van der Waals surface area contributed by atoms with Gasteiger partial charge in [0.15, 0.2) is 0 Å². The molecule has 0 amide bonds. The van der Waals surface area contributed by atoms with Gasteiger partial charge in [0.05, 0.1) is 0 Å². The second-order valence-corrected chi connectivity index (χ2v) is 8.09. The molecule has 1 heteroatoms.